The Morgan fingerprint density at radius 3 is 2.14 bits per heavy atom. The maximum absolute atomic E-state index is 12.4. The van der Waals surface area contributed by atoms with Crippen molar-refractivity contribution in [1.82, 2.24) is 0 Å². The molecule has 0 bridgehead atoms. The lowest BCUT2D eigenvalue weighted by Crippen LogP contribution is -2.46. The van der Waals surface area contributed by atoms with Gasteiger partial charge in [0.2, 0.25) is 0 Å². The summed E-state index contributed by atoms with van der Waals surface area (Å²) in [6, 6.07) is 2.12. The second-order valence-electron chi connectivity index (χ2n) is 6.37. The SMILES string of the molecule is COC(=O)C1(C(=O)OC)Cc2c(C)cc(C)c(C)c2C(C)C1. The van der Waals surface area contributed by atoms with E-state index < -0.39 is 17.4 Å². The van der Waals surface area contributed by atoms with E-state index in [1.165, 1.54) is 30.9 Å². The van der Waals surface area contributed by atoms with Gasteiger partial charge in [-0.2, -0.15) is 0 Å². The first-order valence-corrected chi connectivity index (χ1v) is 7.55. The Morgan fingerprint density at radius 1 is 1.09 bits per heavy atom. The van der Waals surface area contributed by atoms with Gasteiger partial charge in [0.1, 0.15) is 0 Å². The lowest BCUT2D eigenvalue weighted by molar-refractivity contribution is -0.170. The van der Waals surface area contributed by atoms with Crippen molar-refractivity contribution in [3.05, 3.63) is 33.9 Å². The highest BCUT2D eigenvalue weighted by Gasteiger charge is 2.52. The first-order valence-electron chi connectivity index (χ1n) is 7.55. The molecular weight excluding hydrogens is 280 g/mol. The first kappa shape index (κ1) is 16.5. The van der Waals surface area contributed by atoms with Gasteiger partial charge in [0.15, 0.2) is 5.41 Å². The maximum Gasteiger partial charge on any atom is 0.323 e. The summed E-state index contributed by atoms with van der Waals surface area (Å²) in [6.07, 6.45) is 0.766. The van der Waals surface area contributed by atoms with Crippen LogP contribution < -0.4 is 0 Å². The molecule has 1 aromatic rings. The van der Waals surface area contributed by atoms with E-state index >= 15 is 0 Å². The van der Waals surface area contributed by atoms with Crippen LogP contribution in [0.4, 0.5) is 0 Å². The van der Waals surface area contributed by atoms with E-state index in [0.29, 0.717) is 12.8 Å². The van der Waals surface area contributed by atoms with Crippen molar-refractivity contribution in [2.45, 2.75) is 46.5 Å². The lowest BCUT2D eigenvalue weighted by atomic mass is 9.65. The average Bonchev–Trinajstić information content (AvgIpc) is 2.50. The largest absolute Gasteiger partial charge is 0.468 e. The van der Waals surface area contributed by atoms with Gasteiger partial charge in [0.25, 0.3) is 0 Å². The number of fused-ring (bicyclic) bond motifs is 1. The quantitative estimate of drug-likeness (QED) is 0.622. The molecule has 0 N–H and O–H groups in total. The molecule has 0 aliphatic heterocycles. The number of aryl methyl sites for hydroxylation is 2. The van der Waals surface area contributed by atoms with Gasteiger partial charge >= 0.3 is 11.9 Å². The van der Waals surface area contributed by atoms with Crippen LogP contribution in [0.1, 0.15) is 47.1 Å². The third-order valence-electron chi connectivity index (χ3n) is 5.01. The van der Waals surface area contributed by atoms with Gasteiger partial charge in [-0.3, -0.25) is 9.59 Å². The maximum atomic E-state index is 12.4. The molecule has 0 aromatic heterocycles. The van der Waals surface area contributed by atoms with E-state index in [4.69, 9.17) is 9.47 Å². The summed E-state index contributed by atoms with van der Waals surface area (Å²) < 4.78 is 9.87. The first-order chi connectivity index (χ1) is 10.3. The second-order valence-corrected chi connectivity index (χ2v) is 6.37. The van der Waals surface area contributed by atoms with E-state index in [-0.39, 0.29) is 5.92 Å². The van der Waals surface area contributed by atoms with Crippen molar-refractivity contribution in [2.24, 2.45) is 5.41 Å². The number of esters is 2. The predicted octanol–water partition coefficient (Wildman–Crippen LogP) is 2.99. The second kappa shape index (κ2) is 5.75. The van der Waals surface area contributed by atoms with Crippen molar-refractivity contribution < 1.29 is 19.1 Å². The van der Waals surface area contributed by atoms with E-state index in [9.17, 15) is 9.59 Å². The molecule has 0 amide bonds. The highest BCUT2D eigenvalue weighted by Crippen LogP contribution is 2.46. The number of rotatable bonds is 2. The number of hydrogen-bond donors (Lipinski definition) is 0. The number of ether oxygens (including phenoxy) is 2. The van der Waals surface area contributed by atoms with Crippen LogP contribution in [0.25, 0.3) is 0 Å². The predicted molar refractivity (Wildman–Crippen MR) is 83.9 cm³/mol. The topological polar surface area (TPSA) is 52.6 Å². The molecule has 0 saturated heterocycles. The third kappa shape index (κ3) is 2.31. The summed E-state index contributed by atoms with van der Waals surface area (Å²) in [6.45, 7) is 8.29. The molecular formula is C18H24O4. The molecule has 1 unspecified atom stereocenters. The average molecular weight is 304 g/mol. The summed E-state index contributed by atoms with van der Waals surface area (Å²) in [5.41, 5.74) is 4.71. The highest BCUT2D eigenvalue weighted by atomic mass is 16.5. The molecule has 0 fully saturated rings. The summed E-state index contributed by atoms with van der Waals surface area (Å²) in [4.78, 5) is 24.8. The summed E-state index contributed by atoms with van der Waals surface area (Å²) in [5.74, 6) is -0.912. The molecule has 1 aromatic carbocycles. The Hall–Kier alpha value is -1.84. The van der Waals surface area contributed by atoms with Crippen LogP contribution in [-0.2, 0) is 25.5 Å². The summed E-state index contributed by atoms with van der Waals surface area (Å²) >= 11 is 0. The monoisotopic (exact) mass is 304 g/mol. The van der Waals surface area contributed by atoms with E-state index in [2.05, 4.69) is 26.8 Å². The number of methoxy groups -OCH3 is 2. The van der Waals surface area contributed by atoms with Crippen molar-refractivity contribution in [2.75, 3.05) is 14.2 Å². The number of hydrogen-bond acceptors (Lipinski definition) is 4. The van der Waals surface area contributed by atoms with Crippen molar-refractivity contribution in [3.63, 3.8) is 0 Å². The van der Waals surface area contributed by atoms with Crippen LogP contribution >= 0.6 is 0 Å². The summed E-state index contributed by atoms with van der Waals surface area (Å²) in [7, 11) is 2.64. The molecule has 1 atom stereocenters. The van der Waals surface area contributed by atoms with Crippen LogP contribution in [-0.4, -0.2) is 26.2 Å². The minimum Gasteiger partial charge on any atom is -0.468 e. The zero-order chi connectivity index (χ0) is 16.7. The summed E-state index contributed by atoms with van der Waals surface area (Å²) in [5, 5.41) is 0. The van der Waals surface area contributed by atoms with E-state index in [1.807, 2.05) is 6.92 Å². The molecule has 0 radical (unpaired) electrons. The molecule has 22 heavy (non-hydrogen) atoms. The normalized spacial score (nSPS) is 19.3. The Kier molecular flexibility index (Phi) is 4.32. The molecule has 4 nitrogen and oxygen atoms in total. The van der Waals surface area contributed by atoms with E-state index in [0.717, 1.165) is 11.1 Å². The zero-order valence-corrected chi connectivity index (χ0v) is 14.2. The fourth-order valence-electron chi connectivity index (χ4n) is 3.86. The van der Waals surface area contributed by atoms with Crippen molar-refractivity contribution in [3.8, 4) is 0 Å². The van der Waals surface area contributed by atoms with Crippen molar-refractivity contribution >= 4 is 11.9 Å². The zero-order valence-electron chi connectivity index (χ0n) is 14.2. The van der Waals surface area contributed by atoms with E-state index in [1.54, 1.807) is 0 Å². The van der Waals surface area contributed by atoms with Gasteiger partial charge in [-0.25, -0.2) is 0 Å². The van der Waals surface area contributed by atoms with Gasteiger partial charge in [0.05, 0.1) is 14.2 Å². The fraction of sp³-hybridized carbons (Fsp3) is 0.556. The van der Waals surface area contributed by atoms with Crippen LogP contribution in [0.5, 0.6) is 0 Å². The molecule has 0 spiro atoms. The van der Waals surface area contributed by atoms with Crippen molar-refractivity contribution in [1.29, 1.82) is 0 Å². The molecule has 120 valence electrons. The Balaban J connectivity index is 2.66. The molecule has 4 heteroatoms. The smallest absolute Gasteiger partial charge is 0.323 e. The number of carbonyl (C=O) groups is 2. The molecule has 2 rings (SSSR count). The van der Waals surface area contributed by atoms with Gasteiger partial charge in [-0.1, -0.05) is 13.0 Å². The van der Waals surface area contributed by atoms with Crippen LogP contribution in [0, 0.1) is 26.2 Å². The molecule has 1 aliphatic carbocycles. The van der Waals surface area contributed by atoms with Crippen LogP contribution in [0.15, 0.2) is 6.07 Å². The molecule has 0 saturated carbocycles. The Bertz CT molecular complexity index is 614. The minimum atomic E-state index is -1.23. The third-order valence-corrected chi connectivity index (χ3v) is 5.01. The van der Waals surface area contributed by atoms with Crippen LogP contribution in [0.3, 0.4) is 0 Å². The molecule has 0 heterocycles. The van der Waals surface area contributed by atoms with Gasteiger partial charge in [0, 0.05) is 0 Å². The Morgan fingerprint density at radius 2 is 1.64 bits per heavy atom. The number of carbonyl (C=O) groups excluding carboxylic acids is 2. The van der Waals surface area contributed by atoms with Gasteiger partial charge in [-0.05, 0) is 67.3 Å². The van der Waals surface area contributed by atoms with Crippen LogP contribution in [0.2, 0.25) is 0 Å². The lowest BCUT2D eigenvalue weighted by Gasteiger charge is -2.38. The fourth-order valence-corrected chi connectivity index (χ4v) is 3.86. The highest BCUT2D eigenvalue weighted by molar-refractivity contribution is 6.01. The Labute approximate surface area is 131 Å². The van der Waals surface area contributed by atoms with Gasteiger partial charge in [-0.15, -0.1) is 0 Å². The van der Waals surface area contributed by atoms with Gasteiger partial charge < -0.3 is 9.47 Å². The minimum absolute atomic E-state index is 0.0977. The molecule has 1 aliphatic rings. The standard InChI is InChI=1S/C18H24O4/c1-10-7-11(2)14-9-18(16(19)21-5,17(20)22-6)8-12(3)15(14)13(10)4/h7,12H,8-9H2,1-6H3. The number of benzene rings is 1.